The molecule has 0 spiro atoms. The molecule has 0 bridgehead atoms. The third-order valence-electron chi connectivity index (χ3n) is 3.85. The van der Waals surface area contributed by atoms with Gasteiger partial charge in [0.25, 0.3) is 0 Å². The van der Waals surface area contributed by atoms with Gasteiger partial charge in [-0.2, -0.15) is 0 Å². The third-order valence-corrected chi connectivity index (χ3v) is 5.02. The van der Waals surface area contributed by atoms with Crippen LogP contribution in [0.4, 0.5) is 5.13 Å². The van der Waals surface area contributed by atoms with E-state index in [-0.39, 0.29) is 0 Å². The van der Waals surface area contributed by atoms with Gasteiger partial charge in [0.1, 0.15) is 5.92 Å². The largest absolute Gasteiger partial charge is 0.481 e. The number of thiazole rings is 1. The number of morpholine rings is 1. The van der Waals surface area contributed by atoms with Gasteiger partial charge in [0, 0.05) is 11.4 Å². The number of hydrogen-bond acceptors (Lipinski definition) is 5. The SMILES string of the molecule is CC1COCCN1c1nc2c(s1)CCCC2C(=O)O. The van der Waals surface area contributed by atoms with E-state index in [0.717, 1.165) is 41.7 Å². The summed E-state index contributed by atoms with van der Waals surface area (Å²) in [5.41, 5.74) is 0.803. The predicted octanol–water partition coefficient (Wildman–Crippen LogP) is 1.87. The van der Waals surface area contributed by atoms with Gasteiger partial charge >= 0.3 is 5.97 Å². The normalized spacial score (nSPS) is 27.1. The first-order chi connectivity index (χ1) is 9.16. The fourth-order valence-corrected chi connectivity index (χ4v) is 4.07. The van der Waals surface area contributed by atoms with Gasteiger partial charge in [-0.1, -0.05) is 0 Å². The lowest BCUT2D eigenvalue weighted by molar-refractivity contribution is -0.139. The molecule has 0 aromatic carbocycles. The van der Waals surface area contributed by atoms with Crippen LogP contribution >= 0.6 is 11.3 Å². The summed E-state index contributed by atoms with van der Waals surface area (Å²) in [5.74, 6) is -1.15. The molecule has 2 heterocycles. The Balaban J connectivity index is 1.90. The number of aryl methyl sites for hydroxylation is 1. The van der Waals surface area contributed by atoms with Crippen molar-refractivity contribution in [2.24, 2.45) is 0 Å². The molecule has 0 radical (unpaired) electrons. The van der Waals surface area contributed by atoms with Crippen LogP contribution in [-0.2, 0) is 16.0 Å². The molecule has 1 aliphatic heterocycles. The number of carbonyl (C=O) groups is 1. The number of carboxylic acids is 1. The summed E-state index contributed by atoms with van der Waals surface area (Å²) in [6.07, 6.45) is 2.63. The summed E-state index contributed by atoms with van der Waals surface area (Å²) in [6.45, 7) is 4.39. The maximum atomic E-state index is 11.3. The van der Waals surface area contributed by atoms with Crippen LogP contribution < -0.4 is 4.90 Å². The number of nitrogens with zero attached hydrogens (tertiary/aromatic N) is 2. The highest BCUT2D eigenvalue weighted by Crippen LogP contribution is 2.38. The highest BCUT2D eigenvalue weighted by atomic mass is 32.1. The minimum Gasteiger partial charge on any atom is -0.481 e. The van der Waals surface area contributed by atoms with Crippen molar-refractivity contribution in [3.05, 3.63) is 10.6 Å². The molecule has 2 unspecified atom stereocenters. The van der Waals surface area contributed by atoms with Gasteiger partial charge in [-0.25, -0.2) is 4.98 Å². The van der Waals surface area contributed by atoms with E-state index in [4.69, 9.17) is 4.74 Å². The molecule has 5 nitrogen and oxygen atoms in total. The van der Waals surface area contributed by atoms with Gasteiger partial charge < -0.3 is 14.7 Å². The maximum Gasteiger partial charge on any atom is 0.312 e. The molecule has 1 N–H and O–H groups in total. The van der Waals surface area contributed by atoms with Crippen molar-refractivity contribution < 1.29 is 14.6 Å². The summed E-state index contributed by atoms with van der Waals surface area (Å²) in [5, 5.41) is 10.3. The first-order valence-corrected chi connectivity index (χ1v) is 7.55. The van der Waals surface area contributed by atoms with Crippen molar-refractivity contribution in [3.8, 4) is 0 Å². The number of aliphatic carboxylic acids is 1. The molecule has 0 saturated carbocycles. The first-order valence-electron chi connectivity index (χ1n) is 6.73. The second-order valence-electron chi connectivity index (χ2n) is 5.21. The van der Waals surface area contributed by atoms with Crippen molar-refractivity contribution in [2.75, 3.05) is 24.7 Å². The van der Waals surface area contributed by atoms with Gasteiger partial charge in [-0.05, 0) is 26.2 Å². The molecule has 3 rings (SSSR count). The van der Waals surface area contributed by atoms with Crippen molar-refractivity contribution >= 4 is 22.4 Å². The van der Waals surface area contributed by atoms with Gasteiger partial charge in [0.2, 0.25) is 0 Å². The number of rotatable bonds is 2. The molecule has 0 amide bonds. The second-order valence-corrected chi connectivity index (χ2v) is 6.27. The Morgan fingerprint density at radius 1 is 1.58 bits per heavy atom. The van der Waals surface area contributed by atoms with Crippen molar-refractivity contribution in [3.63, 3.8) is 0 Å². The Hall–Kier alpha value is -1.14. The molecular weight excluding hydrogens is 264 g/mol. The number of aromatic nitrogens is 1. The quantitative estimate of drug-likeness (QED) is 0.897. The van der Waals surface area contributed by atoms with Gasteiger partial charge in [0.05, 0.1) is 24.9 Å². The molecule has 1 saturated heterocycles. The van der Waals surface area contributed by atoms with Crippen molar-refractivity contribution in [2.45, 2.75) is 38.1 Å². The van der Waals surface area contributed by atoms with Crippen LogP contribution in [0, 0.1) is 0 Å². The average molecular weight is 282 g/mol. The summed E-state index contributed by atoms with van der Waals surface area (Å²) < 4.78 is 5.44. The Morgan fingerprint density at radius 2 is 2.42 bits per heavy atom. The van der Waals surface area contributed by atoms with E-state index in [1.807, 2.05) is 0 Å². The molecule has 1 aromatic heterocycles. The number of fused-ring (bicyclic) bond motifs is 1. The summed E-state index contributed by atoms with van der Waals surface area (Å²) in [6, 6.07) is 0.310. The molecular formula is C13H18N2O3S. The van der Waals surface area contributed by atoms with E-state index in [9.17, 15) is 9.90 Å². The topological polar surface area (TPSA) is 62.7 Å². The minimum absolute atomic E-state index is 0.310. The summed E-state index contributed by atoms with van der Waals surface area (Å²) in [4.78, 5) is 19.3. The average Bonchev–Trinajstić information content (AvgIpc) is 2.82. The molecule has 1 aliphatic carbocycles. The van der Waals surface area contributed by atoms with E-state index in [0.29, 0.717) is 19.1 Å². The Kier molecular flexibility index (Phi) is 3.45. The van der Waals surface area contributed by atoms with Crippen molar-refractivity contribution in [1.29, 1.82) is 0 Å². The van der Waals surface area contributed by atoms with Crippen LogP contribution in [0.1, 0.15) is 36.3 Å². The molecule has 2 aliphatic rings. The van der Waals surface area contributed by atoms with Crippen LogP contribution in [0.25, 0.3) is 0 Å². The van der Waals surface area contributed by atoms with E-state index >= 15 is 0 Å². The first kappa shape index (κ1) is 12.9. The Labute approximate surface area is 116 Å². The molecule has 1 fully saturated rings. The summed E-state index contributed by atoms with van der Waals surface area (Å²) >= 11 is 1.66. The standard InChI is InChI=1S/C13H18N2O3S/c1-8-7-18-6-5-15(8)13-14-11-9(12(16)17)3-2-4-10(11)19-13/h8-9H,2-7H2,1H3,(H,16,17). The smallest absolute Gasteiger partial charge is 0.312 e. The predicted molar refractivity (Wildman–Crippen MR) is 73.1 cm³/mol. The minimum atomic E-state index is -0.743. The zero-order valence-corrected chi connectivity index (χ0v) is 11.8. The van der Waals surface area contributed by atoms with Crippen LogP contribution in [0.2, 0.25) is 0 Å². The lowest BCUT2D eigenvalue weighted by Crippen LogP contribution is -2.43. The fraction of sp³-hybridized carbons (Fsp3) is 0.692. The molecule has 2 atom stereocenters. The monoisotopic (exact) mass is 282 g/mol. The zero-order chi connectivity index (χ0) is 13.4. The Bertz CT molecular complexity index is 488. The van der Waals surface area contributed by atoms with Crippen LogP contribution in [0.3, 0.4) is 0 Å². The van der Waals surface area contributed by atoms with Crippen LogP contribution in [0.15, 0.2) is 0 Å². The van der Waals surface area contributed by atoms with Crippen LogP contribution in [0.5, 0.6) is 0 Å². The maximum absolute atomic E-state index is 11.3. The summed E-state index contributed by atoms with van der Waals surface area (Å²) in [7, 11) is 0. The zero-order valence-electron chi connectivity index (χ0n) is 11.0. The molecule has 19 heavy (non-hydrogen) atoms. The van der Waals surface area contributed by atoms with Crippen molar-refractivity contribution in [1.82, 2.24) is 4.98 Å². The Morgan fingerprint density at radius 3 is 3.16 bits per heavy atom. The highest BCUT2D eigenvalue weighted by Gasteiger charge is 2.32. The highest BCUT2D eigenvalue weighted by molar-refractivity contribution is 7.15. The lowest BCUT2D eigenvalue weighted by Gasteiger charge is -2.32. The van der Waals surface area contributed by atoms with E-state index in [2.05, 4.69) is 16.8 Å². The number of carboxylic acid groups (broad SMARTS) is 1. The lowest BCUT2D eigenvalue weighted by atomic mass is 9.91. The second kappa shape index (κ2) is 5.09. The van der Waals surface area contributed by atoms with Gasteiger partial charge in [-0.15, -0.1) is 11.3 Å². The van der Waals surface area contributed by atoms with Gasteiger partial charge in [-0.3, -0.25) is 4.79 Å². The fourth-order valence-electron chi connectivity index (χ4n) is 2.78. The van der Waals surface area contributed by atoms with E-state index < -0.39 is 11.9 Å². The van der Waals surface area contributed by atoms with E-state index in [1.54, 1.807) is 11.3 Å². The number of hydrogen-bond donors (Lipinski definition) is 1. The van der Waals surface area contributed by atoms with Crippen LogP contribution in [-0.4, -0.2) is 41.9 Å². The number of ether oxygens (including phenoxy) is 1. The molecule has 1 aromatic rings. The number of anilines is 1. The van der Waals surface area contributed by atoms with Gasteiger partial charge in [0.15, 0.2) is 5.13 Å². The van der Waals surface area contributed by atoms with E-state index in [1.165, 1.54) is 0 Å². The molecule has 6 heteroatoms. The third kappa shape index (κ3) is 2.34. The molecule has 104 valence electrons.